The predicted octanol–water partition coefficient (Wildman–Crippen LogP) is 2.98. The summed E-state index contributed by atoms with van der Waals surface area (Å²) in [6.07, 6.45) is 3.34. The molecule has 102 valence electrons. The van der Waals surface area contributed by atoms with E-state index in [1.807, 2.05) is 16.7 Å². The van der Waals surface area contributed by atoms with E-state index in [-0.39, 0.29) is 11.5 Å². The summed E-state index contributed by atoms with van der Waals surface area (Å²) < 4.78 is 1.86. The first-order chi connectivity index (χ1) is 10.2. The van der Waals surface area contributed by atoms with Gasteiger partial charge in [-0.25, -0.2) is 9.97 Å². The second kappa shape index (κ2) is 4.21. The second-order valence-electron chi connectivity index (χ2n) is 4.79. The van der Waals surface area contributed by atoms with E-state index in [1.165, 1.54) is 0 Å². The lowest BCUT2D eigenvalue weighted by Crippen LogP contribution is -1.99. The average Bonchev–Trinajstić information content (AvgIpc) is 2.81. The van der Waals surface area contributed by atoms with Gasteiger partial charge in [0.25, 0.3) is 0 Å². The minimum Gasteiger partial charge on any atom is -0.508 e. The van der Waals surface area contributed by atoms with Crippen LogP contribution in [0.2, 0.25) is 0 Å². The lowest BCUT2D eigenvalue weighted by atomic mass is 10.1. The van der Waals surface area contributed by atoms with Crippen molar-refractivity contribution < 1.29 is 10.2 Å². The third kappa shape index (κ3) is 1.71. The molecule has 0 bridgehead atoms. The molecular formula is C16H11N3O2. The molecule has 4 aromatic rings. The van der Waals surface area contributed by atoms with Crippen molar-refractivity contribution in [2.24, 2.45) is 0 Å². The highest BCUT2D eigenvalue weighted by Crippen LogP contribution is 2.34. The third-order valence-electron chi connectivity index (χ3n) is 3.49. The fourth-order valence-electron chi connectivity index (χ4n) is 2.62. The highest BCUT2D eigenvalue weighted by atomic mass is 16.3. The summed E-state index contributed by atoms with van der Waals surface area (Å²) >= 11 is 0. The Morgan fingerprint density at radius 3 is 2.29 bits per heavy atom. The Bertz CT molecular complexity index is 962. The van der Waals surface area contributed by atoms with Crippen LogP contribution in [0, 0.1) is 0 Å². The number of aromatic nitrogens is 3. The van der Waals surface area contributed by atoms with Gasteiger partial charge in [0.05, 0.1) is 11.0 Å². The molecule has 2 N–H and O–H groups in total. The summed E-state index contributed by atoms with van der Waals surface area (Å²) in [4.78, 5) is 8.56. The molecule has 0 radical (unpaired) electrons. The normalized spacial score (nSPS) is 11.2. The van der Waals surface area contributed by atoms with Crippen molar-refractivity contribution >= 4 is 21.8 Å². The van der Waals surface area contributed by atoms with E-state index in [1.54, 1.807) is 42.7 Å². The van der Waals surface area contributed by atoms with Gasteiger partial charge in [-0.05, 0) is 36.4 Å². The molecule has 0 amide bonds. The number of hydrogen-bond donors (Lipinski definition) is 2. The maximum absolute atomic E-state index is 9.78. The lowest BCUT2D eigenvalue weighted by molar-refractivity contribution is 0.475. The first-order valence-electron chi connectivity index (χ1n) is 6.47. The smallest absolute Gasteiger partial charge is 0.234 e. The van der Waals surface area contributed by atoms with E-state index < -0.39 is 0 Å². The zero-order valence-corrected chi connectivity index (χ0v) is 10.9. The van der Waals surface area contributed by atoms with Crippen molar-refractivity contribution in [1.29, 1.82) is 0 Å². The summed E-state index contributed by atoms with van der Waals surface area (Å²) in [5.74, 6) is 0.893. The Morgan fingerprint density at radius 1 is 0.762 bits per heavy atom. The largest absolute Gasteiger partial charge is 0.508 e. The molecule has 0 saturated carbocycles. The molecular weight excluding hydrogens is 266 g/mol. The molecule has 0 aliphatic rings. The van der Waals surface area contributed by atoms with Crippen molar-refractivity contribution in [1.82, 2.24) is 14.5 Å². The number of nitrogens with zero attached hydrogens (tertiary/aromatic N) is 3. The van der Waals surface area contributed by atoms with Gasteiger partial charge >= 0.3 is 0 Å². The van der Waals surface area contributed by atoms with Crippen LogP contribution in [0.25, 0.3) is 27.8 Å². The van der Waals surface area contributed by atoms with Crippen molar-refractivity contribution in [2.45, 2.75) is 0 Å². The Morgan fingerprint density at radius 2 is 1.48 bits per heavy atom. The van der Waals surface area contributed by atoms with E-state index in [0.29, 0.717) is 5.95 Å². The van der Waals surface area contributed by atoms with E-state index >= 15 is 0 Å². The molecule has 2 aromatic carbocycles. The van der Waals surface area contributed by atoms with E-state index in [0.717, 1.165) is 21.8 Å². The van der Waals surface area contributed by atoms with Crippen molar-refractivity contribution in [3.8, 4) is 17.4 Å². The number of fused-ring (bicyclic) bond motifs is 3. The monoisotopic (exact) mass is 277 g/mol. The van der Waals surface area contributed by atoms with Gasteiger partial charge in [-0.2, -0.15) is 0 Å². The zero-order chi connectivity index (χ0) is 14.4. The van der Waals surface area contributed by atoms with E-state index in [4.69, 9.17) is 0 Å². The zero-order valence-electron chi connectivity index (χ0n) is 10.9. The van der Waals surface area contributed by atoms with Crippen LogP contribution >= 0.6 is 0 Å². The summed E-state index contributed by atoms with van der Waals surface area (Å²) in [7, 11) is 0. The van der Waals surface area contributed by atoms with Crippen molar-refractivity contribution in [3.05, 3.63) is 54.9 Å². The van der Waals surface area contributed by atoms with Gasteiger partial charge in [0.2, 0.25) is 5.95 Å². The molecule has 2 aromatic heterocycles. The van der Waals surface area contributed by atoms with Gasteiger partial charge in [-0.1, -0.05) is 0 Å². The van der Waals surface area contributed by atoms with Crippen LogP contribution in [0.15, 0.2) is 54.9 Å². The summed E-state index contributed by atoms with van der Waals surface area (Å²) in [6.45, 7) is 0. The van der Waals surface area contributed by atoms with Crippen LogP contribution in [0.4, 0.5) is 0 Å². The first kappa shape index (κ1) is 11.7. The molecule has 2 heterocycles. The van der Waals surface area contributed by atoms with Crippen molar-refractivity contribution in [2.75, 3.05) is 0 Å². The van der Waals surface area contributed by atoms with Crippen LogP contribution in [0.1, 0.15) is 0 Å². The highest BCUT2D eigenvalue weighted by molar-refractivity contribution is 6.09. The minimum atomic E-state index is 0.173. The Balaban J connectivity index is 2.23. The fourth-order valence-corrected chi connectivity index (χ4v) is 2.62. The van der Waals surface area contributed by atoms with Crippen LogP contribution in [-0.4, -0.2) is 24.7 Å². The maximum Gasteiger partial charge on any atom is 0.234 e. The molecule has 0 fully saturated rings. The van der Waals surface area contributed by atoms with Gasteiger partial charge in [0.1, 0.15) is 11.5 Å². The number of phenols is 2. The molecule has 5 nitrogen and oxygen atoms in total. The number of benzene rings is 2. The number of hydrogen-bond acceptors (Lipinski definition) is 4. The predicted molar refractivity (Wildman–Crippen MR) is 79.7 cm³/mol. The van der Waals surface area contributed by atoms with Crippen LogP contribution < -0.4 is 0 Å². The number of aromatic hydroxyl groups is 2. The SMILES string of the molecule is Oc1ccc2c(c1)c1ccc(O)cc1n2-c1ncccn1. The van der Waals surface area contributed by atoms with Gasteiger partial charge in [-0.3, -0.25) is 4.57 Å². The molecule has 4 rings (SSSR count). The average molecular weight is 277 g/mol. The third-order valence-corrected chi connectivity index (χ3v) is 3.49. The molecule has 0 aliphatic carbocycles. The minimum absolute atomic E-state index is 0.173. The summed E-state index contributed by atoms with van der Waals surface area (Å²) in [6, 6.07) is 12.0. The van der Waals surface area contributed by atoms with E-state index in [9.17, 15) is 10.2 Å². The topological polar surface area (TPSA) is 71.2 Å². The van der Waals surface area contributed by atoms with Gasteiger partial charge in [0, 0.05) is 29.2 Å². The van der Waals surface area contributed by atoms with Crippen molar-refractivity contribution in [3.63, 3.8) is 0 Å². The molecule has 0 spiro atoms. The maximum atomic E-state index is 9.78. The Labute approximate surface area is 119 Å². The quantitative estimate of drug-likeness (QED) is 0.561. The van der Waals surface area contributed by atoms with Gasteiger partial charge in [0.15, 0.2) is 0 Å². The van der Waals surface area contributed by atoms with E-state index in [2.05, 4.69) is 9.97 Å². The Kier molecular flexibility index (Phi) is 2.35. The lowest BCUT2D eigenvalue weighted by Gasteiger charge is -2.04. The molecule has 0 saturated heterocycles. The molecule has 5 heteroatoms. The van der Waals surface area contributed by atoms with Gasteiger partial charge < -0.3 is 10.2 Å². The van der Waals surface area contributed by atoms with Crippen LogP contribution in [0.3, 0.4) is 0 Å². The first-order valence-corrected chi connectivity index (χ1v) is 6.47. The highest BCUT2D eigenvalue weighted by Gasteiger charge is 2.14. The number of rotatable bonds is 1. The molecule has 0 unspecified atom stereocenters. The molecule has 21 heavy (non-hydrogen) atoms. The standard InChI is InChI=1S/C16H11N3O2/c20-10-3-5-14-13(8-10)12-4-2-11(21)9-15(12)19(14)16-17-6-1-7-18-16/h1-9,20-21H. The van der Waals surface area contributed by atoms with Crippen LogP contribution in [-0.2, 0) is 0 Å². The fraction of sp³-hybridized carbons (Fsp3) is 0. The number of phenolic OH excluding ortho intramolecular Hbond substituents is 2. The summed E-state index contributed by atoms with van der Waals surface area (Å²) in [5, 5.41) is 21.3. The second-order valence-corrected chi connectivity index (χ2v) is 4.79. The van der Waals surface area contributed by atoms with Crippen LogP contribution in [0.5, 0.6) is 11.5 Å². The van der Waals surface area contributed by atoms with Gasteiger partial charge in [-0.15, -0.1) is 0 Å². The molecule has 0 atom stereocenters. The molecule has 0 aliphatic heterocycles. The Hall–Kier alpha value is -3.08. The summed E-state index contributed by atoms with van der Waals surface area (Å²) in [5.41, 5.74) is 1.67.